The molecule has 0 aromatic carbocycles. The second-order valence-electron chi connectivity index (χ2n) is 7.13. The normalized spacial score (nSPS) is 27.3. The van der Waals surface area contributed by atoms with E-state index in [1.54, 1.807) is 6.20 Å². The van der Waals surface area contributed by atoms with Crippen LogP contribution >= 0.6 is 0 Å². The topological polar surface area (TPSA) is 62.2 Å². The third-order valence-corrected chi connectivity index (χ3v) is 5.50. The van der Waals surface area contributed by atoms with Gasteiger partial charge in [-0.1, -0.05) is 38.2 Å². The van der Waals surface area contributed by atoms with Gasteiger partial charge in [-0.05, 0) is 43.2 Å². The van der Waals surface area contributed by atoms with Crippen molar-refractivity contribution in [2.75, 3.05) is 0 Å². The van der Waals surface area contributed by atoms with Crippen molar-refractivity contribution in [3.05, 3.63) is 30.1 Å². The molecule has 0 bridgehead atoms. The van der Waals surface area contributed by atoms with E-state index >= 15 is 0 Å². The number of hydrogen-bond acceptors (Lipinski definition) is 3. The number of rotatable bonds is 4. The zero-order chi connectivity index (χ0) is 16.1. The molecular weight excluding hydrogens is 288 g/mol. The Morgan fingerprint density at radius 3 is 2.57 bits per heavy atom. The SMILES string of the molecule is O=C(N[C@@H]1CCCC[C@H]1O)C(c1cccnc1)C1CCCCC1. The van der Waals surface area contributed by atoms with Crippen molar-refractivity contribution in [3.63, 3.8) is 0 Å². The molecule has 2 aliphatic carbocycles. The number of aliphatic hydroxyl groups excluding tert-OH is 1. The molecule has 1 aromatic rings. The molecule has 0 spiro atoms. The number of aliphatic hydroxyl groups is 1. The average molecular weight is 316 g/mol. The van der Waals surface area contributed by atoms with Gasteiger partial charge in [-0.3, -0.25) is 9.78 Å². The summed E-state index contributed by atoms with van der Waals surface area (Å²) in [6.45, 7) is 0. The van der Waals surface area contributed by atoms with Crippen molar-refractivity contribution >= 4 is 5.91 Å². The Balaban J connectivity index is 1.75. The maximum atomic E-state index is 13.0. The number of carbonyl (C=O) groups excluding carboxylic acids is 1. The summed E-state index contributed by atoms with van der Waals surface area (Å²) in [7, 11) is 0. The summed E-state index contributed by atoms with van der Waals surface area (Å²) >= 11 is 0. The molecule has 3 atom stereocenters. The number of amides is 1. The number of nitrogens with one attached hydrogen (secondary N) is 1. The summed E-state index contributed by atoms with van der Waals surface area (Å²) in [6.07, 6.45) is 12.9. The summed E-state index contributed by atoms with van der Waals surface area (Å²) in [5.74, 6) is 0.350. The van der Waals surface area contributed by atoms with Gasteiger partial charge in [0.05, 0.1) is 18.1 Å². The third-order valence-electron chi connectivity index (χ3n) is 5.50. The zero-order valence-corrected chi connectivity index (χ0v) is 13.8. The zero-order valence-electron chi connectivity index (χ0n) is 13.8. The Morgan fingerprint density at radius 1 is 1.13 bits per heavy atom. The molecule has 3 rings (SSSR count). The van der Waals surface area contributed by atoms with E-state index in [2.05, 4.69) is 10.3 Å². The highest BCUT2D eigenvalue weighted by molar-refractivity contribution is 5.84. The van der Waals surface area contributed by atoms with E-state index < -0.39 is 6.10 Å². The molecule has 1 heterocycles. The van der Waals surface area contributed by atoms with Gasteiger partial charge in [-0.15, -0.1) is 0 Å². The molecule has 126 valence electrons. The molecule has 4 nitrogen and oxygen atoms in total. The Kier molecular flexibility index (Phi) is 5.65. The first-order valence-electron chi connectivity index (χ1n) is 9.14. The predicted molar refractivity (Wildman–Crippen MR) is 90.0 cm³/mol. The number of aromatic nitrogens is 1. The molecule has 1 amide bonds. The van der Waals surface area contributed by atoms with Crippen molar-refractivity contribution in [2.45, 2.75) is 75.9 Å². The van der Waals surface area contributed by atoms with Crippen LogP contribution in [0.2, 0.25) is 0 Å². The molecule has 23 heavy (non-hydrogen) atoms. The molecule has 1 unspecified atom stereocenters. The van der Waals surface area contributed by atoms with Gasteiger partial charge in [-0.2, -0.15) is 0 Å². The highest BCUT2D eigenvalue weighted by Crippen LogP contribution is 2.36. The summed E-state index contributed by atoms with van der Waals surface area (Å²) < 4.78 is 0. The van der Waals surface area contributed by atoms with Crippen LogP contribution in [0.4, 0.5) is 0 Å². The van der Waals surface area contributed by atoms with Gasteiger partial charge in [0.1, 0.15) is 0 Å². The van der Waals surface area contributed by atoms with E-state index in [-0.39, 0.29) is 17.9 Å². The molecule has 0 saturated heterocycles. The van der Waals surface area contributed by atoms with Crippen LogP contribution in [0, 0.1) is 5.92 Å². The van der Waals surface area contributed by atoms with Crippen LogP contribution in [0.3, 0.4) is 0 Å². The van der Waals surface area contributed by atoms with Crippen molar-refractivity contribution in [1.82, 2.24) is 10.3 Å². The third kappa shape index (κ3) is 4.11. The van der Waals surface area contributed by atoms with Crippen molar-refractivity contribution < 1.29 is 9.90 Å². The fourth-order valence-electron chi connectivity index (χ4n) is 4.22. The van der Waals surface area contributed by atoms with Gasteiger partial charge in [-0.25, -0.2) is 0 Å². The van der Waals surface area contributed by atoms with Crippen LogP contribution < -0.4 is 5.32 Å². The lowest BCUT2D eigenvalue weighted by Gasteiger charge is -2.33. The van der Waals surface area contributed by atoms with E-state index in [1.165, 1.54) is 19.3 Å². The lowest BCUT2D eigenvalue weighted by molar-refractivity contribution is -0.126. The van der Waals surface area contributed by atoms with Crippen molar-refractivity contribution in [3.8, 4) is 0 Å². The molecule has 1 aromatic heterocycles. The summed E-state index contributed by atoms with van der Waals surface area (Å²) in [5.41, 5.74) is 1.02. The largest absolute Gasteiger partial charge is 0.391 e. The van der Waals surface area contributed by atoms with Crippen molar-refractivity contribution in [2.24, 2.45) is 5.92 Å². The van der Waals surface area contributed by atoms with E-state index in [0.717, 1.165) is 44.1 Å². The lowest BCUT2D eigenvalue weighted by Crippen LogP contribution is -2.47. The van der Waals surface area contributed by atoms with Gasteiger partial charge in [0, 0.05) is 12.4 Å². The van der Waals surface area contributed by atoms with Crippen molar-refractivity contribution in [1.29, 1.82) is 0 Å². The predicted octanol–water partition coefficient (Wildman–Crippen LogP) is 3.17. The van der Waals surface area contributed by atoms with Gasteiger partial charge in [0.15, 0.2) is 0 Å². The fourth-order valence-corrected chi connectivity index (χ4v) is 4.22. The number of carbonyl (C=O) groups is 1. The lowest BCUT2D eigenvalue weighted by atomic mass is 9.76. The minimum atomic E-state index is -0.395. The molecule has 4 heteroatoms. The van der Waals surface area contributed by atoms with E-state index in [1.807, 2.05) is 18.3 Å². The Morgan fingerprint density at radius 2 is 1.87 bits per heavy atom. The highest BCUT2D eigenvalue weighted by Gasteiger charge is 2.33. The molecule has 0 radical (unpaired) electrons. The van der Waals surface area contributed by atoms with Crippen LogP contribution in [-0.2, 0) is 4.79 Å². The standard InChI is InChI=1S/C19H28N2O2/c22-17-11-5-4-10-16(17)21-19(23)18(14-7-2-1-3-8-14)15-9-6-12-20-13-15/h6,9,12-14,16-18,22H,1-5,7-8,10-11H2,(H,21,23)/t16-,17-,18?/m1/s1. The Hall–Kier alpha value is -1.42. The van der Waals surface area contributed by atoms with E-state index in [9.17, 15) is 9.90 Å². The Bertz CT molecular complexity index is 499. The number of pyridine rings is 1. The maximum absolute atomic E-state index is 13.0. The van der Waals surface area contributed by atoms with Gasteiger partial charge >= 0.3 is 0 Å². The molecular formula is C19H28N2O2. The average Bonchev–Trinajstić information content (AvgIpc) is 2.59. The molecule has 0 aliphatic heterocycles. The highest BCUT2D eigenvalue weighted by atomic mass is 16.3. The second-order valence-corrected chi connectivity index (χ2v) is 7.13. The Labute approximate surface area is 138 Å². The van der Waals surface area contributed by atoms with Gasteiger partial charge in [0.25, 0.3) is 0 Å². The molecule has 2 aliphatic rings. The monoisotopic (exact) mass is 316 g/mol. The van der Waals surface area contributed by atoms with E-state index in [4.69, 9.17) is 0 Å². The summed E-state index contributed by atoms with van der Waals surface area (Å²) in [6, 6.07) is 3.84. The van der Waals surface area contributed by atoms with Crippen LogP contribution in [0.15, 0.2) is 24.5 Å². The maximum Gasteiger partial charge on any atom is 0.228 e. The minimum absolute atomic E-state index is 0.0795. The first-order valence-corrected chi connectivity index (χ1v) is 9.14. The van der Waals surface area contributed by atoms with Crippen LogP contribution in [0.1, 0.15) is 69.3 Å². The van der Waals surface area contributed by atoms with Gasteiger partial charge in [0.2, 0.25) is 5.91 Å². The smallest absolute Gasteiger partial charge is 0.228 e. The summed E-state index contributed by atoms with van der Waals surface area (Å²) in [4.78, 5) is 17.2. The second kappa shape index (κ2) is 7.91. The molecule has 2 N–H and O–H groups in total. The first-order chi connectivity index (χ1) is 11.3. The van der Waals surface area contributed by atoms with E-state index in [0.29, 0.717) is 5.92 Å². The molecule has 2 fully saturated rings. The summed E-state index contributed by atoms with van der Waals surface area (Å²) in [5, 5.41) is 13.3. The molecule has 2 saturated carbocycles. The number of nitrogens with zero attached hydrogens (tertiary/aromatic N) is 1. The van der Waals surface area contributed by atoms with Crippen LogP contribution in [0.5, 0.6) is 0 Å². The first kappa shape index (κ1) is 16.4. The van der Waals surface area contributed by atoms with Crippen LogP contribution in [0.25, 0.3) is 0 Å². The minimum Gasteiger partial charge on any atom is -0.391 e. The number of hydrogen-bond donors (Lipinski definition) is 2. The fraction of sp³-hybridized carbons (Fsp3) is 0.684. The quantitative estimate of drug-likeness (QED) is 0.897. The van der Waals surface area contributed by atoms with Gasteiger partial charge < -0.3 is 10.4 Å². The van der Waals surface area contributed by atoms with Crippen LogP contribution in [-0.4, -0.2) is 28.1 Å².